The quantitative estimate of drug-likeness (QED) is 0.945. The summed E-state index contributed by atoms with van der Waals surface area (Å²) >= 11 is 3.32. The van der Waals surface area contributed by atoms with Crippen LogP contribution in [0.1, 0.15) is 17.3 Å². The molecule has 2 aromatic rings. The predicted molar refractivity (Wildman–Crippen MR) is 78.5 cm³/mol. The molecule has 0 bridgehead atoms. The van der Waals surface area contributed by atoms with E-state index < -0.39 is 0 Å². The molecule has 0 saturated heterocycles. The third kappa shape index (κ3) is 3.32. The lowest BCUT2D eigenvalue weighted by Gasteiger charge is -2.08. The molecule has 0 spiro atoms. The molecule has 0 aliphatic carbocycles. The van der Waals surface area contributed by atoms with E-state index in [0.29, 0.717) is 17.8 Å². The van der Waals surface area contributed by atoms with Crippen molar-refractivity contribution >= 4 is 27.5 Å². The molecule has 4 nitrogen and oxygen atoms in total. The summed E-state index contributed by atoms with van der Waals surface area (Å²) in [7, 11) is 0. The Morgan fingerprint density at radius 3 is 2.53 bits per heavy atom. The van der Waals surface area contributed by atoms with Gasteiger partial charge in [-0.1, -0.05) is 15.9 Å². The Morgan fingerprint density at radius 2 is 1.89 bits per heavy atom. The largest absolute Gasteiger partial charge is 0.321 e. The van der Waals surface area contributed by atoms with Gasteiger partial charge < -0.3 is 9.88 Å². The number of halogens is 1. The lowest BCUT2D eigenvalue weighted by Crippen LogP contribution is -2.19. The second-order valence-corrected chi connectivity index (χ2v) is 4.92. The third-order valence-corrected chi connectivity index (χ3v) is 3.22. The van der Waals surface area contributed by atoms with E-state index in [9.17, 15) is 9.59 Å². The highest BCUT2D eigenvalue weighted by Gasteiger charge is 2.06. The molecule has 0 aliphatic heterocycles. The van der Waals surface area contributed by atoms with Gasteiger partial charge in [0.1, 0.15) is 0 Å². The molecule has 0 aliphatic rings. The average Bonchev–Trinajstić information content (AvgIpc) is 2.41. The number of benzene rings is 1. The van der Waals surface area contributed by atoms with Gasteiger partial charge in [-0.15, -0.1) is 0 Å². The van der Waals surface area contributed by atoms with Crippen LogP contribution in [0.25, 0.3) is 0 Å². The number of aromatic nitrogens is 1. The van der Waals surface area contributed by atoms with Crippen molar-refractivity contribution in [3.8, 4) is 0 Å². The minimum absolute atomic E-state index is 0.0795. The van der Waals surface area contributed by atoms with Crippen molar-refractivity contribution in [3.63, 3.8) is 0 Å². The molecule has 1 heterocycles. The summed E-state index contributed by atoms with van der Waals surface area (Å²) in [5.41, 5.74) is 1.09. The Hall–Kier alpha value is -1.88. The van der Waals surface area contributed by atoms with E-state index in [2.05, 4.69) is 21.2 Å². The van der Waals surface area contributed by atoms with Gasteiger partial charge in [0.25, 0.3) is 11.5 Å². The zero-order valence-electron chi connectivity index (χ0n) is 10.4. The van der Waals surface area contributed by atoms with Crippen LogP contribution >= 0.6 is 15.9 Å². The fourth-order valence-corrected chi connectivity index (χ4v) is 1.92. The molecule has 0 unspecified atom stereocenters. The molecular weight excluding hydrogens is 308 g/mol. The van der Waals surface area contributed by atoms with E-state index in [0.717, 1.165) is 4.47 Å². The number of aryl methyl sites for hydroxylation is 1. The maximum Gasteiger partial charge on any atom is 0.255 e. The number of nitrogens with zero attached hydrogens (tertiary/aromatic N) is 1. The van der Waals surface area contributed by atoms with Crippen molar-refractivity contribution < 1.29 is 4.79 Å². The zero-order valence-corrected chi connectivity index (χ0v) is 12.0. The van der Waals surface area contributed by atoms with E-state index in [1.807, 2.05) is 19.1 Å². The van der Waals surface area contributed by atoms with Crippen LogP contribution in [0.5, 0.6) is 0 Å². The standard InChI is InChI=1S/C14H13BrN2O2/c1-2-17-9-12(7-8-13(17)18)16-14(19)10-3-5-11(15)6-4-10/h3-9H,2H2,1H3,(H,16,19). The van der Waals surface area contributed by atoms with Crippen LogP contribution < -0.4 is 10.9 Å². The molecule has 2 rings (SSSR count). The van der Waals surface area contributed by atoms with Crippen LogP contribution in [0.3, 0.4) is 0 Å². The van der Waals surface area contributed by atoms with Gasteiger partial charge in [0.2, 0.25) is 0 Å². The lowest BCUT2D eigenvalue weighted by molar-refractivity contribution is 0.102. The van der Waals surface area contributed by atoms with E-state index in [-0.39, 0.29) is 11.5 Å². The second-order valence-electron chi connectivity index (χ2n) is 4.00. The normalized spacial score (nSPS) is 10.2. The minimum atomic E-state index is -0.200. The van der Waals surface area contributed by atoms with Crippen molar-refractivity contribution in [2.24, 2.45) is 0 Å². The Labute approximate surface area is 119 Å². The molecule has 1 aromatic heterocycles. The highest BCUT2D eigenvalue weighted by molar-refractivity contribution is 9.10. The first-order valence-electron chi connectivity index (χ1n) is 5.87. The topological polar surface area (TPSA) is 51.1 Å². The van der Waals surface area contributed by atoms with Gasteiger partial charge >= 0.3 is 0 Å². The van der Waals surface area contributed by atoms with E-state index in [1.165, 1.54) is 10.6 Å². The van der Waals surface area contributed by atoms with Gasteiger partial charge in [0.05, 0.1) is 5.69 Å². The molecule has 0 fully saturated rings. The summed E-state index contributed by atoms with van der Waals surface area (Å²) in [6, 6.07) is 10.1. The van der Waals surface area contributed by atoms with Crippen molar-refractivity contribution in [3.05, 3.63) is 63.0 Å². The van der Waals surface area contributed by atoms with Crippen molar-refractivity contribution in [1.29, 1.82) is 0 Å². The number of anilines is 1. The molecule has 1 N–H and O–H groups in total. The van der Waals surface area contributed by atoms with Crippen LogP contribution in [0.4, 0.5) is 5.69 Å². The van der Waals surface area contributed by atoms with Crippen LogP contribution in [-0.4, -0.2) is 10.5 Å². The Morgan fingerprint density at radius 1 is 1.21 bits per heavy atom. The second kappa shape index (κ2) is 5.84. The maximum absolute atomic E-state index is 12.0. The molecule has 19 heavy (non-hydrogen) atoms. The minimum Gasteiger partial charge on any atom is -0.321 e. The van der Waals surface area contributed by atoms with E-state index in [4.69, 9.17) is 0 Å². The highest BCUT2D eigenvalue weighted by atomic mass is 79.9. The third-order valence-electron chi connectivity index (χ3n) is 2.69. The van der Waals surface area contributed by atoms with Crippen LogP contribution in [0.2, 0.25) is 0 Å². The summed E-state index contributed by atoms with van der Waals surface area (Å²) < 4.78 is 2.46. The monoisotopic (exact) mass is 320 g/mol. The molecule has 0 saturated carbocycles. The summed E-state index contributed by atoms with van der Waals surface area (Å²) in [4.78, 5) is 23.4. The molecule has 1 amide bonds. The fraction of sp³-hybridized carbons (Fsp3) is 0.143. The molecular formula is C14H13BrN2O2. The number of hydrogen-bond acceptors (Lipinski definition) is 2. The number of rotatable bonds is 3. The van der Waals surface area contributed by atoms with Crippen molar-refractivity contribution in [2.75, 3.05) is 5.32 Å². The van der Waals surface area contributed by atoms with Crippen LogP contribution in [0, 0.1) is 0 Å². The van der Waals surface area contributed by atoms with Gasteiger partial charge in [-0.05, 0) is 37.3 Å². The number of carbonyl (C=O) groups is 1. The highest BCUT2D eigenvalue weighted by Crippen LogP contribution is 2.12. The first-order chi connectivity index (χ1) is 9.10. The summed E-state index contributed by atoms with van der Waals surface area (Å²) in [6.07, 6.45) is 1.64. The number of amides is 1. The lowest BCUT2D eigenvalue weighted by atomic mass is 10.2. The number of nitrogens with one attached hydrogen (secondary N) is 1. The van der Waals surface area contributed by atoms with Crippen molar-refractivity contribution in [1.82, 2.24) is 4.57 Å². The average molecular weight is 321 g/mol. The summed E-state index contributed by atoms with van der Waals surface area (Å²) in [5, 5.41) is 2.77. The molecule has 98 valence electrons. The predicted octanol–water partition coefficient (Wildman–Crippen LogP) is 2.88. The first-order valence-corrected chi connectivity index (χ1v) is 6.67. The zero-order chi connectivity index (χ0) is 13.8. The summed E-state index contributed by atoms with van der Waals surface area (Å²) in [6.45, 7) is 2.45. The molecule has 0 radical (unpaired) electrons. The fourth-order valence-electron chi connectivity index (χ4n) is 1.66. The number of carbonyl (C=O) groups excluding carboxylic acids is 1. The molecule has 1 aromatic carbocycles. The van der Waals surface area contributed by atoms with Crippen LogP contribution in [-0.2, 0) is 6.54 Å². The SMILES string of the molecule is CCn1cc(NC(=O)c2ccc(Br)cc2)ccc1=O. The Balaban J connectivity index is 2.19. The van der Waals surface area contributed by atoms with E-state index >= 15 is 0 Å². The van der Waals surface area contributed by atoms with Gasteiger partial charge in [0, 0.05) is 28.8 Å². The molecule has 5 heteroatoms. The maximum atomic E-state index is 12.0. The van der Waals surface area contributed by atoms with E-state index in [1.54, 1.807) is 24.4 Å². The number of hydrogen-bond donors (Lipinski definition) is 1. The van der Waals surface area contributed by atoms with Gasteiger partial charge in [-0.2, -0.15) is 0 Å². The first kappa shape index (κ1) is 13.5. The Kier molecular flexibility index (Phi) is 4.16. The van der Waals surface area contributed by atoms with Gasteiger partial charge in [-0.3, -0.25) is 9.59 Å². The van der Waals surface area contributed by atoms with Crippen molar-refractivity contribution in [2.45, 2.75) is 13.5 Å². The van der Waals surface area contributed by atoms with Gasteiger partial charge in [0.15, 0.2) is 0 Å². The molecule has 0 atom stereocenters. The van der Waals surface area contributed by atoms with Crippen LogP contribution in [0.15, 0.2) is 51.9 Å². The smallest absolute Gasteiger partial charge is 0.255 e. The Bertz CT molecular complexity index is 647. The number of pyridine rings is 1. The van der Waals surface area contributed by atoms with Gasteiger partial charge in [-0.25, -0.2) is 0 Å². The summed E-state index contributed by atoms with van der Waals surface area (Å²) in [5.74, 6) is -0.200.